The number of rotatable bonds is 6. The average molecular weight is 322 g/mol. The van der Waals surface area contributed by atoms with Crippen LogP contribution in [0.2, 0.25) is 0 Å². The van der Waals surface area contributed by atoms with E-state index in [-0.39, 0.29) is 12.0 Å². The van der Waals surface area contributed by atoms with Gasteiger partial charge in [-0.15, -0.1) is 0 Å². The Morgan fingerprint density at radius 1 is 1.39 bits per heavy atom. The zero-order valence-corrected chi connectivity index (χ0v) is 15.3. The largest absolute Gasteiger partial charge is 0.481 e. The van der Waals surface area contributed by atoms with Crippen LogP contribution >= 0.6 is 0 Å². The molecule has 0 spiro atoms. The molecule has 3 nitrogen and oxygen atoms in total. The highest BCUT2D eigenvalue weighted by Crippen LogP contribution is 2.58. The summed E-state index contributed by atoms with van der Waals surface area (Å²) < 4.78 is 0. The van der Waals surface area contributed by atoms with E-state index in [0.717, 1.165) is 44.9 Å². The van der Waals surface area contributed by atoms with E-state index in [1.807, 2.05) is 6.92 Å². The van der Waals surface area contributed by atoms with E-state index in [9.17, 15) is 9.90 Å². The minimum absolute atomic E-state index is 0.185. The maximum absolute atomic E-state index is 11.9. The van der Waals surface area contributed by atoms with Gasteiger partial charge in [0.05, 0.1) is 5.41 Å². The van der Waals surface area contributed by atoms with E-state index in [0.29, 0.717) is 17.8 Å². The Kier molecular flexibility index (Phi) is 5.60. The predicted molar refractivity (Wildman–Crippen MR) is 93.2 cm³/mol. The predicted octanol–water partition coefficient (Wildman–Crippen LogP) is 4.65. The van der Waals surface area contributed by atoms with Gasteiger partial charge in [0.15, 0.2) is 0 Å². The normalized spacial score (nSPS) is 38.6. The van der Waals surface area contributed by atoms with Crippen LogP contribution in [0.5, 0.6) is 0 Å². The van der Waals surface area contributed by atoms with Crippen LogP contribution in [0.25, 0.3) is 0 Å². The SMILES string of the molecule is CC(CCO)CCC1(C)C(C)CC=C2C1CCCC2(C)C(=O)O. The molecular formula is C20H34O3. The molecule has 2 aliphatic carbocycles. The van der Waals surface area contributed by atoms with Crippen LogP contribution in [0.4, 0.5) is 0 Å². The first-order valence-electron chi connectivity index (χ1n) is 9.30. The van der Waals surface area contributed by atoms with Gasteiger partial charge in [0.2, 0.25) is 0 Å². The number of hydrogen-bond acceptors (Lipinski definition) is 2. The summed E-state index contributed by atoms with van der Waals surface area (Å²) in [4.78, 5) is 11.9. The number of aliphatic hydroxyl groups excluding tert-OH is 1. The van der Waals surface area contributed by atoms with Crippen LogP contribution < -0.4 is 0 Å². The second kappa shape index (κ2) is 6.96. The van der Waals surface area contributed by atoms with E-state index in [2.05, 4.69) is 26.8 Å². The van der Waals surface area contributed by atoms with Gasteiger partial charge in [0.25, 0.3) is 0 Å². The fourth-order valence-corrected chi connectivity index (χ4v) is 4.89. The molecule has 0 bridgehead atoms. The smallest absolute Gasteiger partial charge is 0.313 e. The average Bonchev–Trinajstić information content (AvgIpc) is 2.50. The number of hydrogen-bond donors (Lipinski definition) is 2. The lowest BCUT2D eigenvalue weighted by Gasteiger charge is -2.53. The van der Waals surface area contributed by atoms with Gasteiger partial charge in [-0.2, -0.15) is 0 Å². The summed E-state index contributed by atoms with van der Waals surface area (Å²) in [6, 6.07) is 0. The first-order valence-corrected chi connectivity index (χ1v) is 9.30. The Bertz CT molecular complexity index is 470. The first kappa shape index (κ1) is 18.5. The molecule has 0 aromatic rings. The molecule has 0 aliphatic heterocycles. The Labute approximate surface area is 141 Å². The van der Waals surface area contributed by atoms with Crippen molar-refractivity contribution in [2.75, 3.05) is 6.61 Å². The zero-order chi connectivity index (χ0) is 17.3. The number of fused-ring (bicyclic) bond motifs is 1. The third-order valence-corrected chi connectivity index (χ3v) is 7.07. The molecule has 2 aliphatic rings. The molecule has 1 saturated carbocycles. The molecule has 2 rings (SSSR count). The van der Waals surface area contributed by atoms with Gasteiger partial charge in [0, 0.05) is 6.61 Å². The van der Waals surface area contributed by atoms with Crippen LogP contribution in [-0.4, -0.2) is 22.8 Å². The highest BCUT2D eigenvalue weighted by atomic mass is 16.4. The van der Waals surface area contributed by atoms with Crippen LogP contribution in [-0.2, 0) is 4.79 Å². The number of carboxylic acids is 1. The quantitative estimate of drug-likeness (QED) is 0.700. The van der Waals surface area contributed by atoms with Gasteiger partial charge in [-0.1, -0.05) is 45.3 Å². The van der Waals surface area contributed by atoms with Crippen molar-refractivity contribution in [3.8, 4) is 0 Å². The molecule has 3 heteroatoms. The van der Waals surface area contributed by atoms with Crippen molar-refractivity contribution in [2.45, 2.75) is 72.6 Å². The molecule has 0 saturated heterocycles. The minimum atomic E-state index is -0.666. The van der Waals surface area contributed by atoms with Crippen molar-refractivity contribution in [1.29, 1.82) is 0 Å². The Morgan fingerprint density at radius 3 is 2.70 bits per heavy atom. The summed E-state index contributed by atoms with van der Waals surface area (Å²) in [5.74, 6) is 0.878. The lowest BCUT2D eigenvalue weighted by atomic mass is 9.51. The van der Waals surface area contributed by atoms with Gasteiger partial charge < -0.3 is 10.2 Å². The van der Waals surface area contributed by atoms with Gasteiger partial charge in [-0.05, 0) is 62.2 Å². The van der Waals surface area contributed by atoms with Crippen molar-refractivity contribution in [2.24, 2.45) is 28.6 Å². The third-order valence-electron chi connectivity index (χ3n) is 7.07. The third kappa shape index (κ3) is 3.35. The van der Waals surface area contributed by atoms with Gasteiger partial charge in [-0.25, -0.2) is 0 Å². The van der Waals surface area contributed by atoms with E-state index >= 15 is 0 Å². The molecule has 23 heavy (non-hydrogen) atoms. The summed E-state index contributed by atoms with van der Waals surface area (Å²) in [6.45, 7) is 9.12. The Balaban J connectivity index is 2.24. The number of allylic oxidation sites excluding steroid dienone is 1. The zero-order valence-electron chi connectivity index (χ0n) is 15.3. The van der Waals surface area contributed by atoms with Crippen molar-refractivity contribution in [3.05, 3.63) is 11.6 Å². The summed E-state index contributed by atoms with van der Waals surface area (Å²) in [5.41, 5.74) is 0.720. The summed E-state index contributed by atoms with van der Waals surface area (Å²) in [5, 5.41) is 18.9. The topological polar surface area (TPSA) is 57.5 Å². The van der Waals surface area contributed by atoms with Crippen LogP contribution in [0.15, 0.2) is 11.6 Å². The van der Waals surface area contributed by atoms with Crippen LogP contribution in [0, 0.1) is 28.6 Å². The number of carbonyl (C=O) groups is 1. The molecule has 0 aromatic heterocycles. The summed E-state index contributed by atoms with van der Waals surface area (Å²) in [7, 11) is 0. The number of aliphatic carboxylic acids is 1. The molecule has 132 valence electrons. The molecule has 0 radical (unpaired) electrons. The molecule has 0 heterocycles. The molecule has 0 aromatic carbocycles. The maximum Gasteiger partial charge on any atom is 0.313 e. The van der Waals surface area contributed by atoms with Crippen molar-refractivity contribution in [3.63, 3.8) is 0 Å². The Morgan fingerprint density at radius 2 is 2.09 bits per heavy atom. The highest BCUT2D eigenvalue weighted by molar-refractivity contribution is 5.78. The van der Waals surface area contributed by atoms with Crippen molar-refractivity contribution >= 4 is 5.97 Å². The van der Waals surface area contributed by atoms with Crippen molar-refractivity contribution in [1.82, 2.24) is 0 Å². The number of aliphatic hydroxyl groups is 1. The van der Waals surface area contributed by atoms with Gasteiger partial charge >= 0.3 is 5.97 Å². The fraction of sp³-hybridized carbons (Fsp3) is 0.850. The van der Waals surface area contributed by atoms with E-state index in [1.165, 1.54) is 5.57 Å². The molecular weight excluding hydrogens is 288 g/mol. The second-order valence-electron chi connectivity index (χ2n) is 8.54. The monoisotopic (exact) mass is 322 g/mol. The molecule has 5 atom stereocenters. The molecule has 2 N–H and O–H groups in total. The summed E-state index contributed by atoms with van der Waals surface area (Å²) >= 11 is 0. The van der Waals surface area contributed by atoms with Crippen LogP contribution in [0.3, 0.4) is 0 Å². The maximum atomic E-state index is 11.9. The van der Waals surface area contributed by atoms with Gasteiger partial charge in [0.1, 0.15) is 0 Å². The molecule has 0 amide bonds. The summed E-state index contributed by atoms with van der Waals surface area (Å²) in [6.07, 6.45) is 9.28. The Hall–Kier alpha value is -0.830. The van der Waals surface area contributed by atoms with E-state index < -0.39 is 11.4 Å². The van der Waals surface area contributed by atoms with E-state index in [1.54, 1.807) is 0 Å². The molecule has 1 fully saturated rings. The lowest BCUT2D eigenvalue weighted by Crippen LogP contribution is -2.47. The van der Waals surface area contributed by atoms with Gasteiger partial charge in [-0.3, -0.25) is 4.79 Å². The van der Waals surface area contributed by atoms with Crippen molar-refractivity contribution < 1.29 is 15.0 Å². The second-order valence-corrected chi connectivity index (χ2v) is 8.54. The fourth-order valence-electron chi connectivity index (χ4n) is 4.89. The lowest BCUT2D eigenvalue weighted by molar-refractivity contribution is -0.148. The standard InChI is InChI=1S/C20H34O3/c1-14(10-13-21)9-12-19(3)15(2)7-8-17-16(19)6-5-11-20(17,4)18(22)23/h8,14-16,21H,5-7,9-13H2,1-4H3,(H,22,23). The van der Waals surface area contributed by atoms with E-state index in [4.69, 9.17) is 5.11 Å². The minimum Gasteiger partial charge on any atom is -0.481 e. The molecule has 5 unspecified atom stereocenters. The highest BCUT2D eigenvalue weighted by Gasteiger charge is 2.52. The number of carboxylic acid groups (broad SMARTS) is 1. The van der Waals surface area contributed by atoms with Crippen LogP contribution in [0.1, 0.15) is 72.6 Å². The first-order chi connectivity index (χ1) is 10.8.